The second-order valence-electron chi connectivity index (χ2n) is 3.94. The van der Waals surface area contributed by atoms with Crippen LogP contribution in [0.5, 0.6) is 0 Å². The minimum Gasteiger partial charge on any atom is -0.368 e. The third-order valence-corrected chi connectivity index (χ3v) is 2.63. The molecule has 1 unspecified atom stereocenters. The number of benzene rings is 1. The summed E-state index contributed by atoms with van der Waals surface area (Å²) in [7, 11) is 0. The highest BCUT2D eigenvalue weighted by atomic mass is 19.1. The average molecular weight is 259 g/mol. The van der Waals surface area contributed by atoms with Crippen molar-refractivity contribution in [2.75, 3.05) is 5.32 Å². The molecule has 0 aliphatic heterocycles. The molecule has 0 aliphatic rings. The third-order valence-electron chi connectivity index (χ3n) is 2.63. The van der Waals surface area contributed by atoms with Crippen LogP contribution < -0.4 is 5.32 Å². The zero-order valence-corrected chi connectivity index (χ0v) is 10.1. The number of rotatable bonds is 3. The molecule has 2 rings (SSSR count). The van der Waals surface area contributed by atoms with Gasteiger partial charge in [0.25, 0.3) is 5.69 Å². The molecule has 1 heterocycles. The number of non-ortho nitro benzene ring substituents is 1. The van der Waals surface area contributed by atoms with Gasteiger partial charge < -0.3 is 5.32 Å². The van der Waals surface area contributed by atoms with Crippen molar-refractivity contribution >= 4 is 22.3 Å². The van der Waals surface area contributed by atoms with E-state index in [2.05, 4.69) is 16.2 Å². The van der Waals surface area contributed by atoms with Gasteiger partial charge in [0.15, 0.2) is 5.82 Å². The smallest absolute Gasteiger partial charge is 0.281 e. The largest absolute Gasteiger partial charge is 0.368 e. The van der Waals surface area contributed by atoms with Gasteiger partial charge >= 0.3 is 0 Å². The zero-order chi connectivity index (χ0) is 14.0. The van der Waals surface area contributed by atoms with Gasteiger partial charge in [-0.05, 0) is 19.1 Å². The highest BCUT2D eigenvalue weighted by Gasteiger charge is 2.20. The monoisotopic (exact) mass is 259 g/mol. The van der Waals surface area contributed by atoms with Crippen LogP contribution in [0, 0.1) is 28.3 Å². The zero-order valence-electron chi connectivity index (χ0n) is 10.1. The summed E-state index contributed by atoms with van der Waals surface area (Å²) in [6.07, 6.45) is 6.67. The quantitative estimate of drug-likeness (QED) is 0.522. The third kappa shape index (κ3) is 2.31. The summed E-state index contributed by atoms with van der Waals surface area (Å²) in [5.74, 6) is 1.65. The summed E-state index contributed by atoms with van der Waals surface area (Å²) in [5, 5.41) is 14.0. The number of aromatic nitrogens is 1. The lowest BCUT2D eigenvalue weighted by atomic mass is 10.1. The molecule has 0 bridgehead atoms. The van der Waals surface area contributed by atoms with Crippen molar-refractivity contribution in [1.29, 1.82) is 0 Å². The summed E-state index contributed by atoms with van der Waals surface area (Å²) in [6.45, 7) is 1.68. The summed E-state index contributed by atoms with van der Waals surface area (Å²) in [6, 6.07) is 3.53. The fraction of sp³-hybridized carbons (Fsp3) is 0.154. The lowest BCUT2D eigenvalue weighted by molar-refractivity contribution is -0.383. The molecule has 1 aromatic carbocycles. The van der Waals surface area contributed by atoms with Gasteiger partial charge in [0.2, 0.25) is 0 Å². The van der Waals surface area contributed by atoms with E-state index in [0.717, 1.165) is 6.07 Å². The molecule has 0 fully saturated rings. The molecule has 0 aliphatic carbocycles. The molecule has 0 spiro atoms. The maximum absolute atomic E-state index is 14.0. The van der Waals surface area contributed by atoms with E-state index >= 15 is 0 Å². The number of pyridine rings is 1. The van der Waals surface area contributed by atoms with Crippen LogP contribution in [0.15, 0.2) is 24.4 Å². The van der Waals surface area contributed by atoms with Gasteiger partial charge in [0, 0.05) is 6.20 Å². The van der Waals surface area contributed by atoms with Crippen molar-refractivity contribution in [2.24, 2.45) is 0 Å². The minimum absolute atomic E-state index is 0.0756. The number of anilines is 1. The molecule has 1 N–H and O–H groups in total. The maximum atomic E-state index is 14.0. The first-order valence-corrected chi connectivity index (χ1v) is 5.49. The number of nitrogens with one attached hydrogen (secondary N) is 1. The van der Waals surface area contributed by atoms with Crippen LogP contribution in [-0.2, 0) is 0 Å². The Labute approximate surface area is 108 Å². The van der Waals surface area contributed by atoms with Crippen molar-refractivity contribution in [3.05, 3.63) is 40.3 Å². The van der Waals surface area contributed by atoms with E-state index < -0.39 is 16.8 Å². The minimum atomic E-state index is -0.750. The van der Waals surface area contributed by atoms with Crippen LogP contribution in [0.3, 0.4) is 0 Å². The summed E-state index contributed by atoms with van der Waals surface area (Å²) < 4.78 is 14.0. The molecule has 2 aromatic rings. The van der Waals surface area contributed by atoms with Crippen LogP contribution in [0.25, 0.3) is 10.9 Å². The summed E-state index contributed by atoms with van der Waals surface area (Å²) >= 11 is 0. The highest BCUT2D eigenvalue weighted by molar-refractivity contribution is 5.97. The molecule has 0 radical (unpaired) electrons. The number of nitro groups is 1. The Kier molecular flexibility index (Phi) is 3.29. The number of fused-ring (bicyclic) bond motifs is 1. The lowest BCUT2D eigenvalue weighted by Crippen LogP contribution is -2.14. The number of hydrogen-bond donors (Lipinski definition) is 1. The Bertz CT molecular complexity index is 694. The molecule has 1 atom stereocenters. The van der Waals surface area contributed by atoms with Crippen LogP contribution in [-0.4, -0.2) is 15.9 Å². The molecule has 0 saturated heterocycles. The van der Waals surface area contributed by atoms with Crippen molar-refractivity contribution < 1.29 is 9.31 Å². The fourth-order valence-corrected chi connectivity index (χ4v) is 1.74. The van der Waals surface area contributed by atoms with E-state index in [1.165, 1.54) is 12.3 Å². The van der Waals surface area contributed by atoms with Crippen LogP contribution in [0.2, 0.25) is 0 Å². The second-order valence-corrected chi connectivity index (χ2v) is 3.94. The average Bonchev–Trinajstić information content (AvgIpc) is 2.41. The van der Waals surface area contributed by atoms with Crippen molar-refractivity contribution in [2.45, 2.75) is 13.0 Å². The maximum Gasteiger partial charge on any atom is 0.281 e. The first kappa shape index (κ1) is 12.8. The molecule has 0 saturated carbocycles. The van der Waals surface area contributed by atoms with Gasteiger partial charge in [-0.2, -0.15) is 0 Å². The second kappa shape index (κ2) is 4.90. The van der Waals surface area contributed by atoms with Crippen LogP contribution in [0.1, 0.15) is 6.92 Å². The van der Waals surface area contributed by atoms with E-state index in [1.807, 2.05) is 0 Å². The number of nitro benzene ring substituents is 1. The molecular formula is C13H10FN3O2. The van der Waals surface area contributed by atoms with Crippen molar-refractivity contribution in [3.8, 4) is 12.3 Å². The van der Waals surface area contributed by atoms with Crippen molar-refractivity contribution in [3.63, 3.8) is 0 Å². The Morgan fingerprint density at radius 3 is 3.00 bits per heavy atom. The van der Waals surface area contributed by atoms with Crippen LogP contribution in [0.4, 0.5) is 15.8 Å². The van der Waals surface area contributed by atoms with E-state index in [1.54, 1.807) is 13.0 Å². The SMILES string of the molecule is C#CC(C)Nc1c(F)cc([N+](=O)[O-])c2cccnc12. The normalized spacial score (nSPS) is 11.8. The topological polar surface area (TPSA) is 68.1 Å². The number of terminal acetylenes is 1. The van der Waals surface area contributed by atoms with E-state index in [0.29, 0.717) is 0 Å². The Morgan fingerprint density at radius 1 is 1.63 bits per heavy atom. The molecule has 96 valence electrons. The number of hydrogen-bond acceptors (Lipinski definition) is 4. The predicted octanol–water partition coefficient (Wildman–Crippen LogP) is 2.72. The molecule has 19 heavy (non-hydrogen) atoms. The molecular weight excluding hydrogens is 249 g/mol. The van der Waals surface area contributed by atoms with Gasteiger partial charge in [-0.25, -0.2) is 4.39 Å². The van der Waals surface area contributed by atoms with Crippen LogP contribution >= 0.6 is 0 Å². The Hall–Kier alpha value is -2.68. The Balaban J connectivity index is 2.73. The molecule has 6 heteroatoms. The summed E-state index contributed by atoms with van der Waals surface area (Å²) in [4.78, 5) is 14.3. The van der Waals surface area contributed by atoms with Gasteiger partial charge in [0.1, 0.15) is 5.52 Å². The lowest BCUT2D eigenvalue weighted by Gasteiger charge is -2.12. The molecule has 0 amide bonds. The van der Waals surface area contributed by atoms with Crippen molar-refractivity contribution in [1.82, 2.24) is 4.98 Å². The van der Waals surface area contributed by atoms with E-state index in [9.17, 15) is 14.5 Å². The molecule has 5 nitrogen and oxygen atoms in total. The number of halogens is 1. The number of nitrogens with zero attached hydrogens (tertiary/aromatic N) is 2. The molecule has 1 aromatic heterocycles. The van der Waals surface area contributed by atoms with Gasteiger partial charge in [-0.15, -0.1) is 6.42 Å². The van der Waals surface area contributed by atoms with E-state index in [-0.39, 0.29) is 22.3 Å². The fourth-order valence-electron chi connectivity index (χ4n) is 1.74. The summed E-state index contributed by atoms with van der Waals surface area (Å²) in [5.41, 5.74) is -0.0533. The van der Waals surface area contributed by atoms with Gasteiger partial charge in [0.05, 0.1) is 28.1 Å². The Morgan fingerprint density at radius 2 is 2.37 bits per heavy atom. The van der Waals surface area contributed by atoms with Gasteiger partial charge in [-0.3, -0.25) is 15.1 Å². The standard InChI is InChI=1S/C13H10FN3O2/c1-3-8(2)16-13-10(14)7-11(17(18)19)9-5-4-6-15-12(9)13/h1,4-8,16H,2H3. The van der Waals surface area contributed by atoms with E-state index in [4.69, 9.17) is 6.42 Å². The first-order chi connectivity index (χ1) is 9.04. The predicted molar refractivity (Wildman–Crippen MR) is 70.3 cm³/mol. The highest BCUT2D eigenvalue weighted by Crippen LogP contribution is 2.32. The first-order valence-electron chi connectivity index (χ1n) is 5.49. The van der Waals surface area contributed by atoms with Gasteiger partial charge in [-0.1, -0.05) is 5.92 Å².